The predicted octanol–water partition coefficient (Wildman–Crippen LogP) is -2.88. The summed E-state index contributed by atoms with van der Waals surface area (Å²) < 4.78 is 0. The monoisotopic (exact) mass is 150 g/mol. The predicted molar refractivity (Wildman–Crippen MR) is 28.6 cm³/mol. The van der Waals surface area contributed by atoms with E-state index in [1.807, 2.05) is 0 Å². The largest absolute Gasteiger partial charge is 1.00 e. The van der Waals surface area contributed by atoms with E-state index in [0.29, 0.717) is 0 Å². The standard InChI is InChI=1S/C5H4O2S.Na/c6-5(7)4-2-1-3-8-4;/h1-3H,(H,6,7);/q;+1/p-1. The maximum atomic E-state index is 9.96. The normalized spacial score (nSPS) is 8.00. The van der Waals surface area contributed by atoms with E-state index in [4.69, 9.17) is 0 Å². The maximum absolute atomic E-state index is 9.96. The number of hydrogen-bond donors (Lipinski definition) is 0. The quantitative estimate of drug-likeness (QED) is 0.403. The minimum absolute atomic E-state index is 0. The van der Waals surface area contributed by atoms with Crippen molar-refractivity contribution in [2.24, 2.45) is 0 Å². The van der Waals surface area contributed by atoms with Gasteiger partial charge < -0.3 is 9.90 Å². The molecule has 0 unspecified atom stereocenters. The summed E-state index contributed by atoms with van der Waals surface area (Å²) in [6.07, 6.45) is 0. The molecule has 0 aliphatic carbocycles. The van der Waals surface area contributed by atoms with Gasteiger partial charge in [-0.2, -0.15) is 0 Å². The van der Waals surface area contributed by atoms with Gasteiger partial charge in [0.05, 0.1) is 5.97 Å². The van der Waals surface area contributed by atoms with Gasteiger partial charge >= 0.3 is 29.6 Å². The summed E-state index contributed by atoms with van der Waals surface area (Å²) in [6.45, 7) is 0. The molecule has 0 saturated heterocycles. The van der Waals surface area contributed by atoms with E-state index in [-0.39, 0.29) is 34.4 Å². The summed E-state index contributed by atoms with van der Waals surface area (Å²) in [5, 5.41) is 11.7. The molecule has 0 N–H and O–H groups in total. The molecule has 0 spiro atoms. The second kappa shape index (κ2) is 4.06. The van der Waals surface area contributed by atoms with Crippen LogP contribution in [0, 0.1) is 0 Å². The van der Waals surface area contributed by atoms with Crippen molar-refractivity contribution in [2.75, 3.05) is 0 Å². The van der Waals surface area contributed by atoms with E-state index < -0.39 is 5.97 Å². The maximum Gasteiger partial charge on any atom is 1.00 e. The van der Waals surface area contributed by atoms with Crippen LogP contribution in [0.25, 0.3) is 0 Å². The van der Waals surface area contributed by atoms with Crippen LogP contribution in [0.4, 0.5) is 0 Å². The molecule has 0 atom stereocenters. The van der Waals surface area contributed by atoms with Crippen molar-refractivity contribution in [3.63, 3.8) is 0 Å². The topological polar surface area (TPSA) is 40.1 Å². The Morgan fingerprint density at radius 3 is 2.56 bits per heavy atom. The van der Waals surface area contributed by atoms with Gasteiger partial charge in [-0.25, -0.2) is 0 Å². The Labute approximate surface area is 78.8 Å². The first kappa shape index (κ1) is 9.17. The summed E-state index contributed by atoms with van der Waals surface area (Å²) in [5.74, 6) is -1.10. The number of hydrogen-bond acceptors (Lipinski definition) is 3. The number of carbonyl (C=O) groups is 1. The van der Waals surface area contributed by atoms with Crippen LogP contribution >= 0.6 is 11.3 Å². The van der Waals surface area contributed by atoms with Crippen LogP contribution in [0.5, 0.6) is 0 Å². The number of carbonyl (C=O) groups excluding carboxylic acids is 1. The Kier molecular flexibility index (Phi) is 4.14. The molecule has 1 aromatic heterocycles. The number of carboxylic acid groups (broad SMARTS) is 1. The zero-order valence-corrected chi connectivity index (χ0v) is 7.77. The third-order valence-corrected chi connectivity index (χ3v) is 1.57. The van der Waals surface area contributed by atoms with Crippen molar-refractivity contribution < 1.29 is 39.5 Å². The van der Waals surface area contributed by atoms with Crippen LogP contribution in [-0.2, 0) is 0 Å². The van der Waals surface area contributed by atoms with Gasteiger partial charge in [0.25, 0.3) is 0 Å². The molecule has 1 heterocycles. The van der Waals surface area contributed by atoms with Crippen LogP contribution in [0.1, 0.15) is 9.67 Å². The second-order valence-corrected chi connectivity index (χ2v) is 2.21. The Hall–Kier alpha value is 0.170. The van der Waals surface area contributed by atoms with Crippen LogP contribution in [0.15, 0.2) is 17.5 Å². The van der Waals surface area contributed by atoms with Crippen LogP contribution < -0.4 is 34.7 Å². The van der Waals surface area contributed by atoms with Gasteiger partial charge in [0, 0.05) is 4.88 Å². The zero-order valence-electron chi connectivity index (χ0n) is 4.96. The van der Waals surface area contributed by atoms with E-state index in [2.05, 4.69) is 0 Å². The van der Waals surface area contributed by atoms with Crippen molar-refractivity contribution in [3.05, 3.63) is 22.4 Å². The first-order valence-corrected chi connectivity index (χ1v) is 2.93. The summed E-state index contributed by atoms with van der Waals surface area (Å²) in [6, 6.07) is 3.19. The molecule has 0 radical (unpaired) electrons. The minimum atomic E-state index is -1.10. The number of carboxylic acids is 1. The van der Waals surface area contributed by atoms with E-state index in [1.54, 1.807) is 11.4 Å². The molecule has 4 heteroatoms. The Morgan fingerprint density at radius 2 is 2.33 bits per heavy atom. The van der Waals surface area contributed by atoms with E-state index >= 15 is 0 Å². The van der Waals surface area contributed by atoms with Crippen molar-refractivity contribution >= 4 is 17.3 Å². The van der Waals surface area contributed by atoms with Crippen LogP contribution in [0.3, 0.4) is 0 Å². The van der Waals surface area contributed by atoms with Crippen molar-refractivity contribution in [1.82, 2.24) is 0 Å². The van der Waals surface area contributed by atoms with Gasteiger partial charge in [0.1, 0.15) is 0 Å². The Bertz CT molecular complexity index is 183. The molecule has 0 aromatic carbocycles. The van der Waals surface area contributed by atoms with Crippen molar-refractivity contribution in [2.45, 2.75) is 0 Å². The second-order valence-electron chi connectivity index (χ2n) is 1.26. The zero-order chi connectivity index (χ0) is 5.98. The fourth-order valence-electron chi connectivity index (χ4n) is 0.395. The molecule has 0 aliphatic heterocycles. The van der Waals surface area contributed by atoms with E-state index in [0.717, 1.165) is 0 Å². The van der Waals surface area contributed by atoms with E-state index in [1.165, 1.54) is 17.4 Å². The van der Waals surface area contributed by atoms with Gasteiger partial charge in [-0.1, -0.05) is 6.07 Å². The molecule has 9 heavy (non-hydrogen) atoms. The van der Waals surface area contributed by atoms with Gasteiger partial charge in [0.15, 0.2) is 0 Å². The first-order valence-electron chi connectivity index (χ1n) is 2.05. The third kappa shape index (κ3) is 2.49. The van der Waals surface area contributed by atoms with Gasteiger partial charge in [-0.05, 0) is 11.4 Å². The minimum Gasteiger partial charge on any atom is -0.544 e. The Morgan fingerprint density at radius 1 is 1.67 bits per heavy atom. The van der Waals surface area contributed by atoms with Crippen LogP contribution in [0.2, 0.25) is 0 Å². The molecule has 42 valence electrons. The number of aromatic carboxylic acids is 1. The van der Waals surface area contributed by atoms with Gasteiger partial charge in [-0.15, -0.1) is 11.3 Å². The van der Waals surface area contributed by atoms with Crippen molar-refractivity contribution in [3.8, 4) is 0 Å². The Balaban J connectivity index is 0.000000640. The molecular weight excluding hydrogens is 147 g/mol. The average Bonchev–Trinajstić information content (AvgIpc) is 2.12. The number of thiophene rings is 1. The smallest absolute Gasteiger partial charge is 0.544 e. The third-order valence-electron chi connectivity index (χ3n) is 0.722. The molecule has 0 saturated carbocycles. The average molecular weight is 150 g/mol. The van der Waals surface area contributed by atoms with Crippen molar-refractivity contribution in [1.29, 1.82) is 0 Å². The summed E-state index contributed by atoms with van der Waals surface area (Å²) in [5.41, 5.74) is 0. The van der Waals surface area contributed by atoms with Gasteiger partial charge in [0.2, 0.25) is 0 Å². The molecule has 1 rings (SSSR count). The fraction of sp³-hybridized carbons (Fsp3) is 0. The SMILES string of the molecule is O=C([O-])c1cccs1.[Na+]. The summed E-state index contributed by atoms with van der Waals surface area (Å²) in [4.78, 5) is 10.2. The van der Waals surface area contributed by atoms with Gasteiger partial charge in [-0.3, -0.25) is 0 Å². The molecule has 1 aromatic rings. The fourth-order valence-corrected chi connectivity index (χ4v) is 0.952. The first-order chi connectivity index (χ1) is 3.80. The van der Waals surface area contributed by atoms with Crippen LogP contribution in [-0.4, -0.2) is 5.97 Å². The molecule has 0 fully saturated rings. The molecule has 0 bridgehead atoms. The van der Waals surface area contributed by atoms with E-state index in [9.17, 15) is 9.90 Å². The molecule has 0 amide bonds. The summed E-state index contributed by atoms with van der Waals surface area (Å²) >= 11 is 1.17. The molecule has 0 aliphatic rings. The number of rotatable bonds is 1. The summed E-state index contributed by atoms with van der Waals surface area (Å²) in [7, 11) is 0. The molecular formula is C5H3NaO2S. The molecule has 2 nitrogen and oxygen atoms in total.